The quantitative estimate of drug-likeness (QED) is 0.391. The Morgan fingerprint density at radius 2 is 1.96 bits per heavy atom. The number of benzene rings is 1. The molecular weight excluding hydrogens is 393 g/mol. The zero-order valence-corrected chi connectivity index (χ0v) is 17.0. The van der Waals surface area contributed by atoms with Crippen LogP contribution in [0.1, 0.15) is 39.2 Å². The van der Waals surface area contributed by atoms with E-state index in [1.807, 2.05) is 26.0 Å². The van der Waals surface area contributed by atoms with Crippen molar-refractivity contribution in [1.82, 2.24) is 0 Å². The Hall–Kier alpha value is -1.06. The second kappa shape index (κ2) is 10.1. The number of rotatable bonds is 8. The molecule has 0 unspecified atom stereocenters. The van der Waals surface area contributed by atoms with Gasteiger partial charge in [0.2, 0.25) is 0 Å². The summed E-state index contributed by atoms with van der Waals surface area (Å²) in [5.41, 5.74) is 1.57. The number of ether oxygens (including phenoxy) is 2. The maximum atomic E-state index is 11.6. The zero-order chi connectivity index (χ0) is 20.2. The molecule has 9 heteroatoms. The summed E-state index contributed by atoms with van der Waals surface area (Å²) in [6.07, 6.45) is 2.75. The molecule has 1 N–H and O–H groups in total. The Bertz CT molecular complexity index is 835. The SMILES string of the molecule is CCOC(=O)CCCN1c2cc(OC)ccc2C(CS(=O)(=O)O)=CC1(C)C.[NaH]. The van der Waals surface area contributed by atoms with Crippen LogP contribution in [0.2, 0.25) is 0 Å². The Morgan fingerprint density at radius 1 is 1.29 bits per heavy atom. The van der Waals surface area contributed by atoms with Crippen molar-refractivity contribution < 1.29 is 27.2 Å². The molecule has 0 saturated heterocycles. The van der Waals surface area contributed by atoms with Gasteiger partial charge in [0.25, 0.3) is 10.1 Å². The molecule has 0 spiro atoms. The molecule has 1 aliphatic heterocycles. The predicted molar refractivity (Wildman–Crippen MR) is 112 cm³/mol. The molecular formula is C19H28NNaO6S. The topological polar surface area (TPSA) is 93.1 Å². The summed E-state index contributed by atoms with van der Waals surface area (Å²) in [7, 11) is -2.60. The van der Waals surface area contributed by atoms with E-state index in [0.717, 1.165) is 11.3 Å². The minimum atomic E-state index is -4.16. The molecule has 0 radical (unpaired) electrons. The van der Waals surface area contributed by atoms with Gasteiger partial charge in [0.1, 0.15) is 11.5 Å². The van der Waals surface area contributed by atoms with Crippen molar-refractivity contribution in [3.8, 4) is 5.75 Å². The fourth-order valence-electron chi connectivity index (χ4n) is 3.36. The van der Waals surface area contributed by atoms with Crippen LogP contribution in [0.15, 0.2) is 24.3 Å². The Labute approximate surface area is 189 Å². The van der Waals surface area contributed by atoms with Gasteiger partial charge in [0.15, 0.2) is 0 Å². The van der Waals surface area contributed by atoms with Crippen LogP contribution in [-0.2, 0) is 19.6 Å². The van der Waals surface area contributed by atoms with E-state index in [0.29, 0.717) is 37.3 Å². The number of methoxy groups -OCH3 is 1. The number of hydrogen-bond acceptors (Lipinski definition) is 6. The van der Waals surface area contributed by atoms with E-state index in [9.17, 15) is 17.8 Å². The molecule has 1 aliphatic rings. The van der Waals surface area contributed by atoms with E-state index >= 15 is 0 Å². The molecule has 152 valence electrons. The number of carbonyl (C=O) groups is 1. The number of fused-ring (bicyclic) bond motifs is 1. The summed E-state index contributed by atoms with van der Waals surface area (Å²) < 4.78 is 42.5. The van der Waals surface area contributed by atoms with E-state index < -0.39 is 21.4 Å². The number of anilines is 1. The number of carbonyl (C=O) groups excluding carboxylic acids is 1. The number of esters is 1. The summed E-state index contributed by atoms with van der Waals surface area (Å²) >= 11 is 0. The molecule has 0 amide bonds. The van der Waals surface area contributed by atoms with Crippen LogP contribution in [0.5, 0.6) is 5.75 Å². The summed E-state index contributed by atoms with van der Waals surface area (Å²) in [4.78, 5) is 13.7. The van der Waals surface area contributed by atoms with Gasteiger partial charge in [-0.15, -0.1) is 0 Å². The molecule has 7 nitrogen and oxygen atoms in total. The first-order valence-electron chi connectivity index (χ1n) is 8.86. The van der Waals surface area contributed by atoms with Gasteiger partial charge in [-0.1, -0.05) is 6.08 Å². The molecule has 0 saturated carbocycles. The van der Waals surface area contributed by atoms with Gasteiger partial charge in [0.05, 0.1) is 19.3 Å². The first-order chi connectivity index (χ1) is 12.6. The molecule has 0 atom stereocenters. The average molecular weight is 421 g/mol. The zero-order valence-electron chi connectivity index (χ0n) is 16.2. The molecule has 1 heterocycles. The van der Waals surface area contributed by atoms with Gasteiger partial charge in [-0.25, -0.2) is 0 Å². The van der Waals surface area contributed by atoms with Crippen LogP contribution in [0.4, 0.5) is 5.69 Å². The van der Waals surface area contributed by atoms with Crippen LogP contribution in [0.3, 0.4) is 0 Å². The fourth-order valence-corrected chi connectivity index (χ4v) is 4.00. The average Bonchev–Trinajstić information content (AvgIpc) is 2.55. The maximum absolute atomic E-state index is 11.6. The molecule has 0 aromatic heterocycles. The van der Waals surface area contributed by atoms with Gasteiger partial charge >= 0.3 is 35.5 Å². The minimum absolute atomic E-state index is 0. The third kappa shape index (κ3) is 6.49. The predicted octanol–water partition coefficient (Wildman–Crippen LogP) is 2.26. The van der Waals surface area contributed by atoms with Crippen molar-refractivity contribution in [2.24, 2.45) is 0 Å². The van der Waals surface area contributed by atoms with E-state index in [4.69, 9.17) is 9.47 Å². The second-order valence-corrected chi connectivity index (χ2v) is 8.45. The Morgan fingerprint density at radius 3 is 2.54 bits per heavy atom. The number of hydrogen-bond donors (Lipinski definition) is 1. The van der Waals surface area contributed by atoms with Crippen LogP contribution < -0.4 is 9.64 Å². The van der Waals surface area contributed by atoms with Crippen molar-refractivity contribution in [3.05, 3.63) is 29.8 Å². The van der Waals surface area contributed by atoms with E-state index in [2.05, 4.69) is 4.90 Å². The van der Waals surface area contributed by atoms with Gasteiger partial charge in [0, 0.05) is 30.3 Å². The van der Waals surface area contributed by atoms with Crippen molar-refractivity contribution in [2.45, 2.75) is 39.2 Å². The molecule has 0 fully saturated rings. The standard InChI is InChI=1S/C19H27NO6S.Na.H/c1-5-26-18(21)7-6-10-20-17-11-15(25-4)8-9-16(17)14(12-19(20,2)3)13-27(22,23)24;;/h8-9,11-12H,5-7,10,13H2,1-4H3,(H,22,23,24);;. The van der Waals surface area contributed by atoms with Gasteiger partial charge in [-0.2, -0.15) is 8.42 Å². The summed E-state index contributed by atoms with van der Waals surface area (Å²) in [5.74, 6) is -0.0410. The van der Waals surface area contributed by atoms with E-state index in [1.165, 1.54) is 0 Å². The summed E-state index contributed by atoms with van der Waals surface area (Å²) in [6, 6.07) is 5.39. The Kier molecular flexibility index (Phi) is 9.02. The molecule has 2 rings (SSSR count). The Balaban J connectivity index is 0.00000392. The van der Waals surface area contributed by atoms with Crippen LogP contribution in [0, 0.1) is 0 Å². The fraction of sp³-hybridized carbons (Fsp3) is 0.526. The first kappa shape index (κ1) is 25.0. The van der Waals surface area contributed by atoms with Crippen molar-refractivity contribution in [2.75, 3.05) is 30.9 Å². The van der Waals surface area contributed by atoms with E-state index in [1.54, 1.807) is 26.2 Å². The normalized spacial score (nSPS) is 15.2. The van der Waals surface area contributed by atoms with Gasteiger partial charge < -0.3 is 14.4 Å². The third-order valence-corrected chi connectivity index (χ3v) is 5.15. The summed E-state index contributed by atoms with van der Waals surface area (Å²) in [5, 5.41) is 0. The number of nitrogens with zero attached hydrogens (tertiary/aromatic N) is 1. The third-order valence-electron chi connectivity index (χ3n) is 4.47. The van der Waals surface area contributed by atoms with Crippen LogP contribution in [-0.4, -0.2) is 80.1 Å². The van der Waals surface area contributed by atoms with Crippen LogP contribution in [0.25, 0.3) is 5.57 Å². The first-order valence-corrected chi connectivity index (χ1v) is 10.5. The second-order valence-electron chi connectivity index (χ2n) is 6.99. The van der Waals surface area contributed by atoms with E-state index in [-0.39, 0.29) is 35.5 Å². The van der Waals surface area contributed by atoms with Crippen molar-refractivity contribution in [3.63, 3.8) is 0 Å². The molecule has 1 aromatic rings. The monoisotopic (exact) mass is 421 g/mol. The molecule has 1 aromatic carbocycles. The molecule has 0 aliphatic carbocycles. The van der Waals surface area contributed by atoms with Gasteiger partial charge in [-0.3, -0.25) is 9.35 Å². The van der Waals surface area contributed by atoms with Gasteiger partial charge in [-0.05, 0) is 44.9 Å². The van der Waals surface area contributed by atoms with Crippen molar-refractivity contribution >= 4 is 56.9 Å². The summed E-state index contributed by atoms with van der Waals surface area (Å²) in [6.45, 7) is 6.64. The molecule has 0 bridgehead atoms. The van der Waals surface area contributed by atoms with Crippen LogP contribution >= 0.6 is 0 Å². The molecule has 28 heavy (non-hydrogen) atoms. The van der Waals surface area contributed by atoms with Crippen molar-refractivity contribution in [1.29, 1.82) is 0 Å².